The number of aliphatic hydroxyl groups excluding tert-OH is 1. The second-order valence-electron chi connectivity index (χ2n) is 4.20. The number of ether oxygens (including phenoxy) is 1. The molecule has 0 amide bonds. The Bertz CT molecular complexity index is 135. The third-order valence-electron chi connectivity index (χ3n) is 2.31. The van der Waals surface area contributed by atoms with Crippen molar-refractivity contribution in [2.24, 2.45) is 5.92 Å². The zero-order valence-electron chi connectivity index (χ0n) is 11.3. The van der Waals surface area contributed by atoms with Crippen molar-refractivity contribution in [3.05, 3.63) is 12.2 Å². The molecule has 3 unspecified atom stereocenters. The fourth-order valence-electron chi connectivity index (χ4n) is 0.293. The molecule has 2 heteroatoms. The summed E-state index contributed by atoms with van der Waals surface area (Å²) in [5.74, 6) is 0.407. The summed E-state index contributed by atoms with van der Waals surface area (Å²) in [7, 11) is 0. The Labute approximate surface area is 110 Å². The van der Waals surface area contributed by atoms with Crippen LogP contribution in [0.15, 0.2) is 12.2 Å². The lowest BCUT2D eigenvalue weighted by Gasteiger charge is -2.04. The smallest absolute Gasteiger partial charge is 0.0811 e. The summed E-state index contributed by atoms with van der Waals surface area (Å²) in [6, 6.07) is 0. The number of hydrogen-bond acceptors (Lipinski definition) is 2. The first kappa shape index (κ1) is 25.5. The van der Waals surface area contributed by atoms with Crippen molar-refractivity contribution in [2.75, 3.05) is 0 Å². The normalized spacial score (nSPS) is 22.2. The van der Waals surface area contributed by atoms with E-state index in [1.54, 1.807) is 6.92 Å². The Hall–Kier alpha value is -0.340. The topological polar surface area (TPSA) is 32.8 Å². The first-order valence-electron chi connectivity index (χ1n) is 5.77. The Morgan fingerprint density at radius 2 is 1.12 bits per heavy atom. The van der Waals surface area contributed by atoms with Crippen LogP contribution in [-0.2, 0) is 4.74 Å². The van der Waals surface area contributed by atoms with E-state index in [1.807, 2.05) is 39.8 Å². The third-order valence-corrected chi connectivity index (χ3v) is 2.31. The predicted molar refractivity (Wildman–Crippen MR) is 80.5 cm³/mol. The van der Waals surface area contributed by atoms with Gasteiger partial charge in [-0.2, -0.15) is 0 Å². The summed E-state index contributed by atoms with van der Waals surface area (Å²) in [5, 5.41) is 8.63. The van der Waals surface area contributed by atoms with Gasteiger partial charge in [-0.15, -0.1) is 0 Å². The van der Waals surface area contributed by atoms with Gasteiger partial charge in [0, 0.05) is 0 Å². The molecule has 0 saturated carbocycles. The van der Waals surface area contributed by atoms with Gasteiger partial charge in [-0.25, -0.2) is 0 Å². The van der Waals surface area contributed by atoms with Crippen molar-refractivity contribution in [1.29, 1.82) is 0 Å². The third kappa shape index (κ3) is 25.7. The van der Waals surface area contributed by atoms with Crippen molar-refractivity contribution < 1.29 is 9.84 Å². The van der Waals surface area contributed by atoms with E-state index < -0.39 is 0 Å². The van der Waals surface area contributed by atoms with E-state index in [0.717, 1.165) is 0 Å². The highest BCUT2D eigenvalue weighted by atomic mass is 16.6. The first-order chi connectivity index (χ1) is 6.86. The standard InChI is InChI=1S/C5H12O.C4H8O.C4H8.2CH4/c1-4(2)5(3)6;1-3-4(2)5-3;1-3-4-2;;/h4-6H,1-3H3;3-4H,1-2H3;3-4H,1-2H3;2*1H4/b;;4-3+;;. The maximum absolute atomic E-state index is 8.63. The summed E-state index contributed by atoms with van der Waals surface area (Å²) in [4.78, 5) is 0. The predicted octanol–water partition coefficient (Wildman–Crippen LogP) is 4.67. The molecule has 0 aliphatic carbocycles. The second kappa shape index (κ2) is 15.7. The van der Waals surface area contributed by atoms with Gasteiger partial charge in [0.25, 0.3) is 0 Å². The van der Waals surface area contributed by atoms with Crippen molar-refractivity contribution in [2.45, 2.75) is 81.6 Å². The van der Waals surface area contributed by atoms with Crippen LogP contribution in [0.2, 0.25) is 0 Å². The summed E-state index contributed by atoms with van der Waals surface area (Å²) >= 11 is 0. The summed E-state index contributed by atoms with van der Waals surface area (Å²) in [5.41, 5.74) is 0. The molecule has 0 aromatic heterocycles. The molecule has 1 fully saturated rings. The molecule has 1 aliphatic heterocycles. The Morgan fingerprint density at radius 3 is 1.12 bits per heavy atom. The molecular formula is C15H36O2. The second-order valence-corrected chi connectivity index (χ2v) is 4.20. The van der Waals surface area contributed by atoms with Crippen molar-refractivity contribution in [3.63, 3.8) is 0 Å². The van der Waals surface area contributed by atoms with Gasteiger partial charge in [0.15, 0.2) is 0 Å². The van der Waals surface area contributed by atoms with E-state index in [2.05, 4.69) is 13.8 Å². The lowest BCUT2D eigenvalue weighted by Crippen LogP contribution is -2.07. The molecule has 0 aromatic carbocycles. The van der Waals surface area contributed by atoms with Gasteiger partial charge in [0.2, 0.25) is 0 Å². The zero-order chi connectivity index (χ0) is 12.4. The fourth-order valence-corrected chi connectivity index (χ4v) is 0.293. The first-order valence-corrected chi connectivity index (χ1v) is 5.77. The minimum atomic E-state index is -0.148. The van der Waals surface area contributed by atoms with Crippen LogP contribution in [0.5, 0.6) is 0 Å². The van der Waals surface area contributed by atoms with Gasteiger partial charge in [-0.05, 0) is 40.5 Å². The molecular weight excluding hydrogens is 212 g/mol. The zero-order valence-corrected chi connectivity index (χ0v) is 11.3. The number of rotatable bonds is 1. The molecule has 1 saturated heterocycles. The highest BCUT2D eigenvalue weighted by Crippen LogP contribution is 2.18. The Kier molecular flexibility index (Phi) is 23.5. The van der Waals surface area contributed by atoms with E-state index in [0.29, 0.717) is 18.1 Å². The van der Waals surface area contributed by atoms with Gasteiger partial charge in [-0.1, -0.05) is 40.9 Å². The minimum Gasteiger partial charge on any atom is -0.393 e. The van der Waals surface area contributed by atoms with Crippen LogP contribution in [0.25, 0.3) is 0 Å². The molecule has 1 N–H and O–H groups in total. The molecule has 1 heterocycles. The molecule has 1 aliphatic rings. The van der Waals surface area contributed by atoms with Crippen LogP contribution in [0.4, 0.5) is 0 Å². The molecule has 0 aromatic rings. The quantitative estimate of drug-likeness (QED) is 0.540. The molecule has 3 atom stereocenters. The number of aliphatic hydroxyl groups is 1. The fraction of sp³-hybridized carbons (Fsp3) is 0.867. The van der Waals surface area contributed by atoms with Crippen LogP contribution in [0.3, 0.4) is 0 Å². The van der Waals surface area contributed by atoms with Crippen LogP contribution >= 0.6 is 0 Å². The molecule has 1 rings (SSSR count). The highest BCUT2D eigenvalue weighted by Gasteiger charge is 2.27. The average Bonchev–Trinajstić information content (AvgIpc) is 2.81. The Morgan fingerprint density at radius 1 is 0.941 bits per heavy atom. The molecule has 0 bridgehead atoms. The molecule has 0 spiro atoms. The minimum absolute atomic E-state index is 0. The lowest BCUT2D eigenvalue weighted by molar-refractivity contribution is 0.144. The van der Waals surface area contributed by atoms with Gasteiger partial charge in [0.05, 0.1) is 18.3 Å². The van der Waals surface area contributed by atoms with Gasteiger partial charge in [-0.3, -0.25) is 0 Å². The van der Waals surface area contributed by atoms with Crippen LogP contribution < -0.4 is 0 Å². The van der Waals surface area contributed by atoms with E-state index in [4.69, 9.17) is 9.84 Å². The van der Waals surface area contributed by atoms with Crippen molar-refractivity contribution in [1.82, 2.24) is 0 Å². The largest absolute Gasteiger partial charge is 0.393 e. The molecule has 108 valence electrons. The summed E-state index contributed by atoms with van der Waals surface area (Å²) in [6.45, 7) is 13.9. The Balaban J connectivity index is -0.0000000716. The van der Waals surface area contributed by atoms with E-state index in [1.165, 1.54) is 0 Å². The van der Waals surface area contributed by atoms with Gasteiger partial charge < -0.3 is 9.84 Å². The maximum Gasteiger partial charge on any atom is 0.0811 e. The molecule has 0 radical (unpaired) electrons. The van der Waals surface area contributed by atoms with E-state index >= 15 is 0 Å². The average molecular weight is 248 g/mol. The summed E-state index contributed by atoms with van der Waals surface area (Å²) in [6.07, 6.45) is 4.95. The SMILES string of the molecule is C.C.C/C=C/C.CC(C)C(C)O.CC1OC1C. The van der Waals surface area contributed by atoms with E-state index in [-0.39, 0.29) is 21.0 Å². The number of hydrogen-bond donors (Lipinski definition) is 1. The highest BCUT2D eigenvalue weighted by molar-refractivity contribution is 4.73. The molecule has 17 heavy (non-hydrogen) atoms. The maximum atomic E-state index is 8.63. The van der Waals surface area contributed by atoms with E-state index in [9.17, 15) is 0 Å². The molecule has 2 nitrogen and oxygen atoms in total. The lowest BCUT2D eigenvalue weighted by atomic mass is 10.1. The number of epoxide rings is 1. The van der Waals surface area contributed by atoms with Crippen LogP contribution in [-0.4, -0.2) is 23.4 Å². The number of allylic oxidation sites excluding steroid dienone is 2. The van der Waals surface area contributed by atoms with Crippen LogP contribution in [0, 0.1) is 5.92 Å². The van der Waals surface area contributed by atoms with Crippen molar-refractivity contribution in [3.8, 4) is 0 Å². The van der Waals surface area contributed by atoms with Crippen LogP contribution in [0.1, 0.15) is 63.3 Å². The monoisotopic (exact) mass is 248 g/mol. The van der Waals surface area contributed by atoms with Crippen molar-refractivity contribution >= 4 is 0 Å². The van der Waals surface area contributed by atoms with Gasteiger partial charge in [0.1, 0.15) is 0 Å². The van der Waals surface area contributed by atoms with Gasteiger partial charge >= 0.3 is 0 Å². The summed E-state index contributed by atoms with van der Waals surface area (Å²) < 4.78 is 4.92.